The monoisotopic (exact) mass is 451 g/mol. The maximum absolute atomic E-state index is 13.1. The minimum absolute atomic E-state index is 0.00596. The molecule has 174 valence electrons. The number of Topliss-reactive ketones (excluding diaryl/α,β-unsaturated/α-hetero) is 1. The highest BCUT2D eigenvalue weighted by Crippen LogP contribution is 2.79. The number of halogens is 3. The van der Waals surface area contributed by atoms with E-state index in [1.807, 2.05) is 32.7 Å². The summed E-state index contributed by atoms with van der Waals surface area (Å²) in [4.78, 5) is 36.2. The molecule has 5 aliphatic rings. The van der Waals surface area contributed by atoms with Gasteiger partial charge in [-0.3, -0.25) is 9.59 Å². The Morgan fingerprint density at radius 2 is 1.84 bits per heavy atom. The topological polar surface area (TPSA) is 87.2 Å². The first kappa shape index (κ1) is 21.5. The van der Waals surface area contributed by atoms with Gasteiger partial charge in [0, 0.05) is 24.4 Å². The molecule has 0 radical (unpaired) electrons. The van der Waals surface area contributed by atoms with Crippen LogP contribution in [0.5, 0.6) is 0 Å². The highest BCUT2D eigenvalue weighted by Gasteiger charge is 2.81. The van der Waals surface area contributed by atoms with Gasteiger partial charge < -0.3 is 15.5 Å². The predicted molar refractivity (Wildman–Crippen MR) is 112 cm³/mol. The first-order valence-electron chi connectivity index (χ1n) is 11.2. The number of aryl methyl sites for hydroxylation is 1. The number of carbonyl (C=O) groups is 2. The fourth-order valence-electron chi connectivity index (χ4n) is 6.19. The number of rotatable bonds is 5. The van der Waals surface area contributed by atoms with Crippen LogP contribution < -0.4 is 15.5 Å². The fourth-order valence-corrected chi connectivity index (χ4v) is 6.19. The number of amides is 1. The second kappa shape index (κ2) is 6.57. The number of likely N-dealkylation sites (N-methyl/N-ethyl adjacent to an activating group) is 1. The zero-order chi connectivity index (χ0) is 23.2. The largest absolute Gasteiger partial charge is 0.394 e. The van der Waals surface area contributed by atoms with Gasteiger partial charge >= 0.3 is 6.18 Å². The maximum Gasteiger partial charge on any atom is 0.394 e. The quantitative estimate of drug-likeness (QED) is 0.710. The fraction of sp³-hybridized carbons (Fsp3) is 0.727. The third-order valence-corrected chi connectivity index (χ3v) is 7.97. The van der Waals surface area contributed by atoms with Crippen molar-refractivity contribution in [3.63, 3.8) is 0 Å². The highest BCUT2D eigenvalue weighted by molar-refractivity contribution is 6.03. The normalized spacial score (nSPS) is 35.3. The number of anilines is 3. The molecular weight excluding hydrogens is 423 g/mol. The summed E-state index contributed by atoms with van der Waals surface area (Å²) in [6.07, 6.45) is -3.11. The number of aromatic nitrogens is 2. The van der Waals surface area contributed by atoms with Gasteiger partial charge in [0.2, 0.25) is 11.9 Å². The van der Waals surface area contributed by atoms with Gasteiger partial charge in [-0.25, -0.2) is 4.98 Å². The SMILES string of the molecule is Cc1nc(NC2CC(C(=O)C34CC(C(F)(F)F)(C3)C4)C2)nc2c1NC(=O)[C@H](C(C)C)N2C. The van der Waals surface area contributed by atoms with E-state index in [-0.39, 0.29) is 54.9 Å². The van der Waals surface area contributed by atoms with Crippen LogP contribution in [-0.4, -0.2) is 47.0 Å². The van der Waals surface area contributed by atoms with E-state index >= 15 is 0 Å². The summed E-state index contributed by atoms with van der Waals surface area (Å²) < 4.78 is 39.2. The number of carbonyl (C=O) groups excluding carboxylic acids is 2. The molecule has 1 aromatic rings. The van der Waals surface area contributed by atoms with Crippen molar-refractivity contribution in [2.24, 2.45) is 22.7 Å². The zero-order valence-corrected chi connectivity index (χ0v) is 18.6. The molecule has 4 saturated carbocycles. The minimum Gasteiger partial charge on any atom is -0.351 e. The molecule has 10 heteroatoms. The molecule has 1 aliphatic heterocycles. The van der Waals surface area contributed by atoms with Gasteiger partial charge in [0.05, 0.1) is 11.1 Å². The summed E-state index contributed by atoms with van der Waals surface area (Å²) in [5.74, 6) is 0.924. The second-order valence-corrected chi connectivity index (χ2v) is 10.6. The van der Waals surface area contributed by atoms with E-state index in [1.165, 1.54) is 0 Å². The van der Waals surface area contributed by atoms with Crippen LogP contribution in [0.3, 0.4) is 0 Å². The number of hydrogen-bond donors (Lipinski definition) is 2. The van der Waals surface area contributed by atoms with E-state index < -0.39 is 17.0 Å². The van der Waals surface area contributed by atoms with Crippen LogP contribution in [-0.2, 0) is 9.59 Å². The molecule has 2 N–H and O–H groups in total. The van der Waals surface area contributed by atoms with Crippen molar-refractivity contribution in [2.75, 3.05) is 22.6 Å². The van der Waals surface area contributed by atoms with Crippen LogP contribution in [0.15, 0.2) is 0 Å². The van der Waals surface area contributed by atoms with E-state index in [2.05, 4.69) is 20.6 Å². The Morgan fingerprint density at radius 1 is 1.22 bits per heavy atom. The van der Waals surface area contributed by atoms with Crippen LogP contribution >= 0.6 is 0 Å². The lowest BCUT2D eigenvalue weighted by atomic mass is 9.32. The summed E-state index contributed by atoms with van der Waals surface area (Å²) >= 11 is 0. The number of fused-ring (bicyclic) bond motifs is 1. The molecular formula is C22H28F3N5O2. The van der Waals surface area contributed by atoms with E-state index in [9.17, 15) is 22.8 Å². The number of nitrogens with zero attached hydrogens (tertiary/aromatic N) is 3. The molecule has 32 heavy (non-hydrogen) atoms. The average molecular weight is 451 g/mol. The Balaban J connectivity index is 1.22. The Hall–Kier alpha value is -2.39. The maximum atomic E-state index is 13.1. The predicted octanol–water partition coefficient (Wildman–Crippen LogP) is 3.69. The van der Waals surface area contributed by atoms with Crippen molar-refractivity contribution >= 4 is 29.1 Å². The first-order chi connectivity index (χ1) is 14.9. The second-order valence-electron chi connectivity index (χ2n) is 10.6. The Morgan fingerprint density at radius 3 is 2.41 bits per heavy atom. The molecule has 7 nitrogen and oxygen atoms in total. The number of nitrogens with one attached hydrogen (secondary N) is 2. The molecule has 1 aromatic heterocycles. The molecule has 0 spiro atoms. The van der Waals surface area contributed by atoms with Crippen LogP contribution in [0.2, 0.25) is 0 Å². The summed E-state index contributed by atoms with van der Waals surface area (Å²) in [5.41, 5.74) is -1.06. The van der Waals surface area contributed by atoms with E-state index in [1.54, 1.807) is 0 Å². The average Bonchev–Trinajstić information content (AvgIpc) is 2.54. The molecule has 1 amide bonds. The van der Waals surface area contributed by atoms with Crippen molar-refractivity contribution in [1.82, 2.24) is 9.97 Å². The summed E-state index contributed by atoms with van der Waals surface area (Å²) in [5, 5.41) is 6.18. The lowest BCUT2D eigenvalue weighted by Gasteiger charge is -2.70. The van der Waals surface area contributed by atoms with Crippen molar-refractivity contribution < 1.29 is 22.8 Å². The van der Waals surface area contributed by atoms with Crippen molar-refractivity contribution in [2.45, 2.75) is 71.1 Å². The molecule has 4 aliphatic carbocycles. The molecule has 6 rings (SSSR count). The van der Waals surface area contributed by atoms with Gasteiger partial charge in [-0.1, -0.05) is 13.8 Å². The van der Waals surface area contributed by atoms with Gasteiger partial charge in [-0.05, 0) is 44.9 Å². The number of alkyl halides is 3. The molecule has 0 saturated heterocycles. The zero-order valence-electron chi connectivity index (χ0n) is 18.6. The van der Waals surface area contributed by atoms with Crippen LogP contribution in [0, 0.1) is 29.6 Å². The molecule has 2 heterocycles. The molecule has 4 fully saturated rings. The summed E-state index contributed by atoms with van der Waals surface area (Å²) in [6, 6.07) is -0.321. The van der Waals surface area contributed by atoms with Gasteiger partial charge in [0.25, 0.3) is 0 Å². The number of hydrogen-bond acceptors (Lipinski definition) is 6. The van der Waals surface area contributed by atoms with E-state index in [0.29, 0.717) is 36.0 Å². The lowest BCUT2D eigenvalue weighted by molar-refractivity contribution is -0.351. The third kappa shape index (κ3) is 2.86. The Labute approximate surface area is 184 Å². The molecule has 0 aromatic carbocycles. The smallest absolute Gasteiger partial charge is 0.351 e. The highest BCUT2D eigenvalue weighted by atomic mass is 19.4. The third-order valence-electron chi connectivity index (χ3n) is 7.97. The standard InChI is InChI=1S/C22H28F3N5O2/c1-10(2)15-18(32)28-14-11(3)26-19(29-17(14)30(15)4)27-13-5-12(6-13)16(31)20-7-21(8-20,9-20)22(23,24)25/h10,12-13,15H,5-9H2,1-4H3,(H,28,32)(H,26,27,29)/t12?,13?,15-,20?,21?/m0/s1. The first-order valence-corrected chi connectivity index (χ1v) is 11.2. The summed E-state index contributed by atoms with van der Waals surface area (Å²) in [6.45, 7) is 5.77. The molecule has 1 atom stereocenters. The van der Waals surface area contributed by atoms with Crippen LogP contribution in [0.4, 0.5) is 30.6 Å². The Bertz CT molecular complexity index is 982. The van der Waals surface area contributed by atoms with Crippen molar-refractivity contribution in [1.29, 1.82) is 0 Å². The van der Waals surface area contributed by atoms with E-state index in [4.69, 9.17) is 0 Å². The van der Waals surface area contributed by atoms with Gasteiger partial charge in [0.15, 0.2) is 5.82 Å². The lowest BCUT2D eigenvalue weighted by Crippen LogP contribution is -2.72. The van der Waals surface area contributed by atoms with Crippen LogP contribution in [0.1, 0.15) is 51.6 Å². The van der Waals surface area contributed by atoms with Gasteiger partial charge in [-0.2, -0.15) is 18.2 Å². The minimum atomic E-state index is -4.19. The number of ketones is 1. The van der Waals surface area contributed by atoms with Gasteiger partial charge in [0.1, 0.15) is 17.5 Å². The summed E-state index contributed by atoms with van der Waals surface area (Å²) in [7, 11) is 1.84. The van der Waals surface area contributed by atoms with Gasteiger partial charge in [-0.15, -0.1) is 0 Å². The van der Waals surface area contributed by atoms with Crippen molar-refractivity contribution in [3.8, 4) is 0 Å². The molecule has 0 unspecified atom stereocenters. The van der Waals surface area contributed by atoms with E-state index in [0.717, 1.165) is 0 Å². The van der Waals surface area contributed by atoms with Crippen LogP contribution in [0.25, 0.3) is 0 Å². The van der Waals surface area contributed by atoms with Crippen molar-refractivity contribution in [3.05, 3.63) is 5.69 Å². The Kier molecular flexibility index (Phi) is 4.41. The molecule has 2 bridgehead atoms.